The number of amides is 2. The Balaban J connectivity index is 1.44. The van der Waals surface area contributed by atoms with Crippen molar-refractivity contribution < 1.29 is 18.0 Å². The van der Waals surface area contributed by atoms with Crippen LogP contribution in [0.15, 0.2) is 83.5 Å². The van der Waals surface area contributed by atoms with Gasteiger partial charge in [0.25, 0.3) is 5.91 Å². The number of nitrogens with zero attached hydrogens (tertiary/aromatic N) is 2. The second kappa shape index (κ2) is 16.8. The minimum atomic E-state index is -1.49. The van der Waals surface area contributed by atoms with Crippen LogP contribution in [0.3, 0.4) is 0 Å². The van der Waals surface area contributed by atoms with Gasteiger partial charge < -0.3 is 20.9 Å². The fourth-order valence-electron chi connectivity index (χ4n) is 4.93. The molecule has 5 N–H and O–H groups in total. The third-order valence-corrected chi connectivity index (χ3v) is 8.07. The van der Waals surface area contributed by atoms with Crippen molar-refractivity contribution in [2.45, 2.75) is 51.4 Å². The van der Waals surface area contributed by atoms with Crippen molar-refractivity contribution >= 4 is 50.4 Å². The van der Waals surface area contributed by atoms with Gasteiger partial charge in [0.15, 0.2) is 0 Å². The molecule has 1 heterocycles. The number of rotatable bonds is 15. The zero-order valence-electron chi connectivity index (χ0n) is 25.5. The zero-order valence-corrected chi connectivity index (χ0v) is 27.2. The Morgan fingerprint density at radius 2 is 1.71 bits per heavy atom. The lowest BCUT2D eigenvalue weighted by Crippen LogP contribution is -2.47. The number of carbonyl (C=O) groups excluding carboxylic acids is 2. The van der Waals surface area contributed by atoms with Gasteiger partial charge in [-0.05, 0) is 53.8 Å². The van der Waals surface area contributed by atoms with Gasteiger partial charge in [-0.1, -0.05) is 54.6 Å². The van der Waals surface area contributed by atoms with Crippen molar-refractivity contribution in [2.24, 2.45) is 4.40 Å². The number of nitrogens with one attached hydrogen (secondary N) is 5. The van der Waals surface area contributed by atoms with Gasteiger partial charge in [-0.3, -0.25) is 14.3 Å². The quantitative estimate of drug-likeness (QED) is 0.0979. The molecule has 0 saturated heterocycles. The van der Waals surface area contributed by atoms with Crippen LogP contribution in [0.2, 0.25) is 0 Å². The highest BCUT2D eigenvalue weighted by molar-refractivity contribution is 7.84. The molecule has 0 spiro atoms. The Kier molecular flexibility index (Phi) is 12.5. The van der Waals surface area contributed by atoms with E-state index in [1.54, 1.807) is 24.5 Å². The molecule has 0 radical (unpaired) electrons. The summed E-state index contributed by atoms with van der Waals surface area (Å²) in [5.41, 5.74) is 2.39. The molecule has 2 amide bonds. The van der Waals surface area contributed by atoms with E-state index < -0.39 is 28.0 Å². The summed E-state index contributed by atoms with van der Waals surface area (Å²) in [5, 5.41) is 11.4. The van der Waals surface area contributed by atoms with Gasteiger partial charge in [0, 0.05) is 43.4 Å². The lowest BCUT2D eigenvalue weighted by Gasteiger charge is -2.23. The number of fused-ring (bicyclic) bond motifs is 1. The van der Waals surface area contributed by atoms with Gasteiger partial charge in [0.1, 0.15) is 39.7 Å². The van der Waals surface area contributed by atoms with Crippen LogP contribution in [0.4, 0.5) is 0 Å². The van der Waals surface area contributed by atoms with Crippen molar-refractivity contribution in [3.63, 3.8) is 0 Å². The number of aromatic amines is 1. The molecular weight excluding hydrogens is 611 g/mol. The van der Waals surface area contributed by atoms with E-state index >= 15 is 0 Å². The number of hydrogen-bond acceptors (Lipinski definition) is 6. The van der Waals surface area contributed by atoms with Gasteiger partial charge in [0.2, 0.25) is 5.91 Å². The van der Waals surface area contributed by atoms with Gasteiger partial charge in [-0.2, -0.15) is 4.40 Å². The zero-order chi connectivity index (χ0) is 32.2. The van der Waals surface area contributed by atoms with E-state index in [1.165, 1.54) is 12.5 Å². The van der Waals surface area contributed by atoms with E-state index in [0.717, 1.165) is 27.7 Å². The molecule has 0 aliphatic carbocycles. The second-order valence-corrected chi connectivity index (χ2v) is 12.7. The predicted molar refractivity (Wildman–Crippen MR) is 180 cm³/mol. The van der Waals surface area contributed by atoms with Crippen LogP contribution >= 0.6 is 0 Å². The summed E-state index contributed by atoms with van der Waals surface area (Å²) in [6.07, 6.45) is 7.35. The molecular formula is C32H39N7O4S2. The normalized spacial score (nSPS) is 14.3. The fraction of sp³-hybridized carbons (Fsp3) is 0.312. The lowest BCUT2D eigenvalue weighted by molar-refractivity contribution is -0.123. The first kappa shape index (κ1) is 33.7. The third kappa shape index (κ3) is 10.4. The molecule has 0 bridgehead atoms. The fourth-order valence-corrected chi connectivity index (χ4v) is 5.92. The summed E-state index contributed by atoms with van der Waals surface area (Å²) < 4.78 is 30.1. The van der Waals surface area contributed by atoms with Crippen molar-refractivity contribution in [1.82, 2.24) is 30.6 Å². The number of hydrogen-bond donors (Lipinski definition) is 5. The van der Waals surface area contributed by atoms with Crippen LogP contribution in [-0.4, -0.2) is 54.6 Å². The number of benzene rings is 3. The molecule has 11 nitrogen and oxygen atoms in total. The van der Waals surface area contributed by atoms with Crippen LogP contribution in [-0.2, 0) is 39.9 Å². The number of carbonyl (C=O) groups is 2. The van der Waals surface area contributed by atoms with Crippen LogP contribution in [0, 0.1) is 0 Å². The maximum atomic E-state index is 13.6. The Morgan fingerprint density at radius 1 is 0.956 bits per heavy atom. The topological polar surface area (TPSA) is 157 Å². The molecule has 4 atom stereocenters. The van der Waals surface area contributed by atoms with E-state index in [9.17, 15) is 18.0 Å². The largest absolute Gasteiger partial charge is 0.348 e. The van der Waals surface area contributed by atoms with E-state index in [-0.39, 0.29) is 24.3 Å². The molecule has 45 heavy (non-hydrogen) atoms. The Hall–Kier alpha value is -4.20. The molecule has 238 valence electrons. The number of amidine groups is 1. The molecule has 4 rings (SSSR count). The summed E-state index contributed by atoms with van der Waals surface area (Å²) in [5.74, 6) is 0.458. The Labute approximate surface area is 268 Å². The minimum Gasteiger partial charge on any atom is -0.348 e. The van der Waals surface area contributed by atoms with Crippen molar-refractivity contribution in [2.75, 3.05) is 12.5 Å². The van der Waals surface area contributed by atoms with Crippen molar-refractivity contribution in [3.8, 4) is 0 Å². The average Bonchev–Trinajstić information content (AvgIpc) is 3.53. The number of imidazole rings is 1. The van der Waals surface area contributed by atoms with Gasteiger partial charge in [-0.15, -0.1) is 0 Å². The van der Waals surface area contributed by atoms with E-state index in [1.807, 2.05) is 61.5 Å². The Bertz CT molecular complexity index is 1650. The molecule has 0 aliphatic rings. The third-order valence-electron chi connectivity index (χ3n) is 7.07. The smallest absolute Gasteiger partial charge is 0.251 e. The lowest BCUT2D eigenvalue weighted by atomic mass is 9.99. The molecule has 0 saturated carbocycles. The molecule has 4 aromatic rings. The molecule has 0 aliphatic heterocycles. The molecule has 3 aromatic carbocycles. The van der Waals surface area contributed by atoms with Crippen molar-refractivity contribution in [3.05, 3.63) is 102 Å². The predicted octanol–water partition coefficient (Wildman–Crippen LogP) is 3.57. The second-order valence-electron chi connectivity index (χ2n) is 10.6. The van der Waals surface area contributed by atoms with E-state index in [2.05, 4.69) is 35.0 Å². The molecule has 1 aromatic heterocycles. The Morgan fingerprint density at radius 3 is 2.42 bits per heavy atom. The van der Waals surface area contributed by atoms with Crippen LogP contribution in [0.5, 0.6) is 0 Å². The maximum Gasteiger partial charge on any atom is 0.251 e. The van der Waals surface area contributed by atoms with Gasteiger partial charge in [0.05, 0.1) is 12.6 Å². The summed E-state index contributed by atoms with van der Waals surface area (Å²) in [4.78, 5) is 34.2. The number of aromatic nitrogens is 2. The van der Waals surface area contributed by atoms with E-state index in [4.69, 9.17) is 0 Å². The first-order valence-electron chi connectivity index (χ1n) is 14.6. The SMILES string of the molecule is C[C@H](NC(=O)[C@H](CCCC(=NS(C)=O)NS(C)=O)NC(=O)c1ccc(CNCc2ncc[nH]2)cc1)c1cccc2ccccc12. The van der Waals surface area contributed by atoms with Crippen LogP contribution in [0.1, 0.15) is 59.5 Å². The van der Waals surface area contributed by atoms with Crippen LogP contribution in [0.25, 0.3) is 10.8 Å². The summed E-state index contributed by atoms with van der Waals surface area (Å²) in [6.45, 7) is 3.11. The summed E-state index contributed by atoms with van der Waals surface area (Å²) in [7, 11) is -2.88. The van der Waals surface area contributed by atoms with Crippen molar-refractivity contribution in [1.29, 1.82) is 0 Å². The van der Waals surface area contributed by atoms with E-state index in [0.29, 0.717) is 37.3 Å². The average molecular weight is 650 g/mol. The molecule has 2 unspecified atom stereocenters. The standard InChI is InChI=1S/C32H39N7O4S2/c1-22(26-11-6-9-24-8-4-5-10-27(24)26)36-32(41)28(12-7-13-29(38-44(2)42)39-45(3)43)37-31(40)25-16-14-23(15-17-25)20-33-21-30-34-18-19-35-30/h4-6,8-11,14-19,22,28,33H,7,12-13,20-21H2,1-3H3,(H,34,35)(H,36,41)(H,37,40)(H,38,39)/t22-,28-,44?,45?/m0/s1. The monoisotopic (exact) mass is 649 g/mol. The first-order chi connectivity index (χ1) is 21.7. The highest BCUT2D eigenvalue weighted by atomic mass is 32.2. The number of H-pyrrole nitrogens is 1. The highest BCUT2D eigenvalue weighted by Crippen LogP contribution is 2.24. The maximum absolute atomic E-state index is 13.6. The summed E-state index contributed by atoms with van der Waals surface area (Å²) in [6, 6.07) is 20.0. The van der Waals surface area contributed by atoms with Crippen LogP contribution < -0.4 is 20.7 Å². The van der Waals surface area contributed by atoms with Gasteiger partial charge >= 0.3 is 0 Å². The highest BCUT2D eigenvalue weighted by Gasteiger charge is 2.24. The first-order valence-corrected chi connectivity index (χ1v) is 17.6. The van der Waals surface area contributed by atoms with Gasteiger partial charge in [-0.25, -0.2) is 13.4 Å². The minimum absolute atomic E-state index is 0.280. The molecule has 0 fully saturated rings. The summed E-state index contributed by atoms with van der Waals surface area (Å²) >= 11 is 0. The molecule has 13 heteroatoms.